The predicted molar refractivity (Wildman–Crippen MR) is 80.0 cm³/mol. The number of rotatable bonds is 6. The summed E-state index contributed by atoms with van der Waals surface area (Å²) in [7, 11) is -1.91. The van der Waals surface area contributed by atoms with Crippen molar-refractivity contribution in [1.82, 2.24) is 19.8 Å². The van der Waals surface area contributed by atoms with Gasteiger partial charge in [-0.25, -0.2) is 12.7 Å². The van der Waals surface area contributed by atoms with Crippen molar-refractivity contribution in [2.75, 3.05) is 20.1 Å². The lowest BCUT2D eigenvalue weighted by molar-refractivity contribution is 0.310. The molecule has 20 heavy (non-hydrogen) atoms. The van der Waals surface area contributed by atoms with Gasteiger partial charge in [0.1, 0.15) is 4.90 Å². The summed E-state index contributed by atoms with van der Waals surface area (Å²) < 4.78 is 26.8. The fourth-order valence-electron chi connectivity index (χ4n) is 2.08. The molecule has 0 spiro atoms. The van der Waals surface area contributed by atoms with Gasteiger partial charge in [-0.05, 0) is 18.9 Å². The summed E-state index contributed by atoms with van der Waals surface area (Å²) in [5, 5.41) is 9.99. The lowest BCUT2D eigenvalue weighted by atomic mass is 9.97. The second-order valence-corrected chi connectivity index (χ2v) is 8.21. The minimum atomic E-state index is -3.52. The molecular weight excluding hydrogens is 276 g/mol. The molecule has 1 rings (SSSR count). The maximum absolute atomic E-state index is 12.7. The van der Waals surface area contributed by atoms with E-state index >= 15 is 0 Å². The van der Waals surface area contributed by atoms with Gasteiger partial charge in [-0.15, -0.1) is 0 Å². The highest BCUT2D eigenvalue weighted by atomic mass is 32.2. The molecule has 0 amide bonds. The summed E-state index contributed by atoms with van der Waals surface area (Å²) in [6.45, 7) is 11.4. The van der Waals surface area contributed by atoms with Crippen LogP contribution in [0.25, 0.3) is 0 Å². The van der Waals surface area contributed by atoms with Crippen LogP contribution in [0.4, 0.5) is 0 Å². The van der Waals surface area contributed by atoms with Gasteiger partial charge in [0.05, 0.1) is 11.4 Å². The Balaban J connectivity index is 3.12. The van der Waals surface area contributed by atoms with E-state index in [2.05, 4.69) is 15.5 Å². The summed E-state index contributed by atoms with van der Waals surface area (Å²) in [4.78, 5) is 0.296. The third kappa shape index (κ3) is 4.04. The molecule has 0 unspecified atom stereocenters. The first-order valence-electron chi connectivity index (χ1n) is 6.80. The number of sulfonamides is 1. The Kier molecular flexibility index (Phi) is 5.34. The van der Waals surface area contributed by atoms with Crippen molar-refractivity contribution in [3.63, 3.8) is 0 Å². The van der Waals surface area contributed by atoms with Crippen LogP contribution in [-0.4, -0.2) is 43.1 Å². The van der Waals surface area contributed by atoms with E-state index in [1.807, 2.05) is 27.7 Å². The van der Waals surface area contributed by atoms with Crippen LogP contribution < -0.4 is 5.32 Å². The van der Waals surface area contributed by atoms with Crippen molar-refractivity contribution in [2.24, 2.45) is 5.41 Å². The standard InChI is InChI=1S/C13H26N4O2S/c1-7-14-8-11-12(10(2)15-16-11)20(18,19)17(6)9-13(3,4)5/h14H,7-9H2,1-6H3,(H,15,16). The maximum Gasteiger partial charge on any atom is 0.246 e. The quantitative estimate of drug-likeness (QED) is 0.834. The average Bonchev–Trinajstić information content (AvgIpc) is 2.66. The molecule has 1 aromatic rings. The summed E-state index contributed by atoms with van der Waals surface area (Å²) >= 11 is 0. The number of nitrogens with one attached hydrogen (secondary N) is 2. The lowest BCUT2D eigenvalue weighted by Gasteiger charge is -2.26. The van der Waals surface area contributed by atoms with Crippen LogP contribution in [0.5, 0.6) is 0 Å². The normalized spacial score (nSPS) is 13.2. The first kappa shape index (κ1) is 17.1. The van der Waals surface area contributed by atoms with Crippen molar-refractivity contribution in [1.29, 1.82) is 0 Å². The van der Waals surface area contributed by atoms with Crippen molar-refractivity contribution in [2.45, 2.75) is 46.1 Å². The molecule has 116 valence electrons. The van der Waals surface area contributed by atoms with Gasteiger partial charge in [0.2, 0.25) is 10.0 Å². The second kappa shape index (κ2) is 6.24. The fourth-order valence-corrected chi connectivity index (χ4v) is 3.80. The van der Waals surface area contributed by atoms with Crippen LogP contribution in [0.1, 0.15) is 39.1 Å². The molecule has 0 atom stereocenters. The van der Waals surface area contributed by atoms with E-state index < -0.39 is 10.0 Å². The minimum absolute atomic E-state index is 0.0959. The minimum Gasteiger partial charge on any atom is -0.311 e. The van der Waals surface area contributed by atoms with E-state index in [9.17, 15) is 8.42 Å². The van der Waals surface area contributed by atoms with Gasteiger partial charge in [0.15, 0.2) is 0 Å². The topological polar surface area (TPSA) is 78.1 Å². The molecule has 1 aromatic heterocycles. The zero-order chi connectivity index (χ0) is 15.6. The largest absolute Gasteiger partial charge is 0.311 e. The molecule has 0 aliphatic heterocycles. The van der Waals surface area contributed by atoms with Crippen molar-refractivity contribution in [3.05, 3.63) is 11.4 Å². The Hall–Kier alpha value is -0.920. The molecule has 0 saturated heterocycles. The Bertz CT molecular complexity index is 543. The third-order valence-electron chi connectivity index (χ3n) is 2.87. The van der Waals surface area contributed by atoms with Crippen molar-refractivity contribution >= 4 is 10.0 Å². The monoisotopic (exact) mass is 302 g/mol. The van der Waals surface area contributed by atoms with Gasteiger partial charge in [0.25, 0.3) is 0 Å². The molecule has 0 saturated carbocycles. The molecule has 0 bridgehead atoms. The summed E-state index contributed by atoms with van der Waals surface area (Å²) in [5.74, 6) is 0. The molecule has 0 aliphatic rings. The summed E-state index contributed by atoms with van der Waals surface area (Å²) in [5.41, 5.74) is 1.03. The molecule has 2 N–H and O–H groups in total. The summed E-state index contributed by atoms with van der Waals surface area (Å²) in [6.07, 6.45) is 0. The zero-order valence-corrected chi connectivity index (χ0v) is 14.1. The average molecular weight is 302 g/mol. The van der Waals surface area contributed by atoms with E-state index in [0.29, 0.717) is 29.4 Å². The first-order valence-corrected chi connectivity index (χ1v) is 8.24. The Morgan fingerprint density at radius 3 is 2.45 bits per heavy atom. The number of nitrogens with zero attached hydrogens (tertiary/aromatic N) is 2. The highest BCUT2D eigenvalue weighted by Gasteiger charge is 2.30. The fraction of sp³-hybridized carbons (Fsp3) is 0.769. The third-order valence-corrected chi connectivity index (χ3v) is 4.88. The summed E-state index contributed by atoms with van der Waals surface area (Å²) in [6, 6.07) is 0. The molecule has 7 heteroatoms. The zero-order valence-electron chi connectivity index (χ0n) is 13.2. The SMILES string of the molecule is CCNCc1n[nH]c(C)c1S(=O)(=O)N(C)CC(C)(C)C. The van der Waals surface area contributed by atoms with E-state index in [0.717, 1.165) is 6.54 Å². The maximum atomic E-state index is 12.7. The molecule has 0 aliphatic carbocycles. The number of aromatic amines is 1. The van der Waals surface area contributed by atoms with E-state index in [-0.39, 0.29) is 5.41 Å². The smallest absolute Gasteiger partial charge is 0.246 e. The van der Waals surface area contributed by atoms with Gasteiger partial charge in [-0.3, -0.25) is 5.10 Å². The van der Waals surface area contributed by atoms with Crippen molar-refractivity contribution < 1.29 is 8.42 Å². The van der Waals surface area contributed by atoms with E-state index in [1.54, 1.807) is 14.0 Å². The highest BCUT2D eigenvalue weighted by Crippen LogP contribution is 2.24. The molecule has 6 nitrogen and oxygen atoms in total. The molecule has 0 fully saturated rings. The number of hydrogen-bond acceptors (Lipinski definition) is 4. The number of aryl methyl sites for hydroxylation is 1. The first-order chi connectivity index (χ1) is 9.09. The van der Waals surface area contributed by atoms with Crippen LogP contribution in [0.15, 0.2) is 4.90 Å². The molecular formula is C13H26N4O2S. The van der Waals surface area contributed by atoms with Gasteiger partial charge >= 0.3 is 0 Å². The number of H-pyrrole nitrogens is 1. The number of hydrogen-bond donors (Lipinski definition) is 2. The molecule has 1 heterocycles. The van der Waals surface area contributed by atoms with Crippen LogP contribution in [-0.2, 0) is 16.6 Å². The van der Waals surface area contributed by atoms with E-state index in [1.165, 1.54) is 4.31 Å². The van der Waals surface area contributed by atoms with Crippen LogP contribution in [0.3, 0.4) is 0 Å². The van der Waals surface area contributed by atoms with Gasteiger partial charge < -0.3 is 5.32 Å². The second-order valence-electron chi connectivity index (χ2n) is 6.23. The van der Waals surface area contributed by atoms with Gasteiger partial charge in [-0.1, -0.05) is 27.7 Å². The lowest BCUT2D eigenvalue weighted by Crippen LogP contribution is -2.35. The Morgan fingerprint density at radius 2 is 1.95 bits per heavy atom. The van der Waals surface area contributed by atoms with Gasteiger partial charge in [-0.2, -0.15) is 5.10 Å². The highest BCUT2D eigenvalue weighted by molar-refractivity contribution is 7.89. The van der Waals surface area contributed by atoms with Crippen molar-refractivity contribution in [3.8, 4) is 0 Å². The van der Waals surface area contributed by atoms with E-state index in [4.69, 9.17) is 0 Å². The Labute approximate surface area is 122 Å². The van der Waals surface area contributed by atoms with Gasteiger partial charge in [0, 0.05) is 20.1 Å². The molecule has 0 radical (unpaired) electrons. The van der Waals surface area contributed by atoms with Crippen LogP contribution in [0, 0.1) is 12.3 Å². The number of aromatic nitrogens is 2. The Morgan fingerprint density at radius 1 is 1.35 bits per heavy atom. The van der Waals surface area contributed by atoms with Crippen LogP contribution >= 0.6 is 0 Å². The van der Waals surface area contributed by atoms with Crippen LogP contribution in [0.2, 0.25) is 0 Å². The predicted octanol–water partition coefficient (Wildman–Crippen LogP) is 1.49. The molecule has 0 aromatic carbocycles.